The van der Waals surface area contributed by atoms with E-state index in [0.29, 0.717) is 18.4 Å². The van der Waals surface area contributed by atoms with Crippen LogP contribution >= 0.6 is 15.9 Å². The number of hydrogen-bond acceptors (Lipinski definition) is 5. The first kappa shape index (κ1) is 16.3. The summed E-state index contributed by atoms with van der Waals surface area (Å²) in [5, 5.41) is 6.45. The second kappa shape index (κ2) is 7.79. The van der Waals surface area contributed by atoms with Crippen LogP contribution in [0.5, 0.6) is 5.75 Å². The van der Waals surface area contributed by atoms with E-state index >= 15 is 0 Å². The van der Waals surface area contributed by atoms with Gasteiger partial charge in [-0.1, -0.05) is 12.1 Å². The summed E-state index contributed by atoms with van der Waals surface area (Å²) < 4.78 is 6.41. The monoisotopic (exact) mass is 384 g/mol. The summed E-state index contributed by atoms with van der Waals surface area (Å²) in [7, 11) is 0. The molecule has 0 spiro atoms. The third-order valence-corrected chi connectivity index (χ3v) is 3.91. The number of para-hydroxylation sites is 1. The second-order valence-corrected chi connectivity index (χ2v) is 5.81. The molecule has 0 aliphatic heterocycles. The predicted molar refractivity (Wildman–Crippen MR) is 100 cm³/mol. The number of nitrogens with zero attached hydrogens (tertiary/aromatic N) is 2. The zero-order valence-electron chi connectivity index (χ0n) is 13.2. The fourth-order valence-corrected chi connectivity index (χ4v) is 2.50. The van der Waals surface area contributed by atoms with Crippen molar-refractivity contribution in [3.05, 3.63) is 65.3 Å². The van der Waals surface area contributed by atoms with E-state index in [4.69, 9.17) is 4.74 Å². The number of halogens is 1. The Balaban J connectivity index is 1.72. The van der Waals surface area contributed by atoms with Crippen LogP contribution in [0.15, 0.2) is 65.3 Å². The minimum Gasteiger partial charge on any atom is -0.494 e. The van der Waals surface area contributed by atoms with E-state index in [9.17, 15) is 0 Å². The summed E-state index contributed by atoms with van der Waals surface area (Å²) in [6, 6.07) is 17.4. The zero-order valence-corrected chi connectivity index (χ0v) is 14.7. The first-order chi connectivity index (χ1) is 11.7. The molecule has 1 heterocycles. The molecular weight excluding hydrogens is 368 g/mol. The van der Waals surface area contributed by atoms with Crippen molar-refractivity contribution in [2.24, 2.45) is 0 Å². The van der Waals surface area contributed by atoms with Gasteiger partial charge in [-0.3, -0.25) is 0 Å². The quantitative estimate of drug-likeness (QED) is 0.617. The number of anilines is 4. The fraction of sp³-hybridized carbons (Fsp3) is 0.111. The Kier molecular flexibility index (Phi) is 5.28. The van der Waals surface area contributed by atoms with Gasteiger partial charge in [-0.2, -0.15) is 4.98 Å². The topological polar surface area (TPSA) is 59.1 Å². The normalized spacial score (nSPS) is 10.2. The molecule has 3 aromatic rings. The van der Waals surface area contributed by atoms with Gasteiger partial charge in [0.1, 0.15) is 11.6 Å². The molecule has 0 saturated carbocycles. The lowest BCUT2D eigenvalue weighted by molar-refractivity contribution is 0.340. The molecule has 0 aliphatic rings. The van der Waals surface area contributed by atoms with Gasteiger partial charge < -0.3 is 15.4 Å². The molecule has 3 rings (SSSR count). The van der Waals surface area contributed by atoms with E-state index in [1.165, 1.54) is 0 Å². The SMILES string of the molecule is CCOc1ccc(Nc2nccc(Nc3ccccc3Br)n2)cc1. The van der Waals surface area contributed by atoms with Crippen LogP contribution in [0.1, 0.15) is 6.92 Å². The lowest BCUT2D eigenvalue weighted by atomic mass is 10.3. The van der Waals surface area contributed by atoms with Crippen molar-refractivity contribution < 1.29 is 4.74 Å². The Morgan fingerprint density at radius 3 is 2.54 bits per heavy atom. The number of hydrogen-bond donors (Lipinski definition) is 2. The average molecular weight is 385 g/mol. The van der Waals surface area contributed by atoms with Crippen LogP contribution in [0.25, 0.3) is 0 Å². The number of rotatable bonds is 6. The molecule has 0 saturated heterocycles. The zero-order chi connectivity index (χ0) is 16.8. The van der Waals surface area contributed by atoms with E-state index in [1.54, 1.807) is 6.20 Å². The van der Waals surface area contributed by atoms with Crippen LogP contribution in [-0.2, 0) is 0 Å². The molecule has 0 bridgehead atoms. The lowest BCUT2D eigenvalue weighted by Crippen LogP contribution is -2.00. The van der Waals surface area contributed by atoms with Crippen LogP contribution in [0, 0.1) is 0 Å². The van der Waals surface area contributed by atoms with Gasteiger partial charge in [0.05, 0.1) is 12.3 Å². The number of ether oxygens (including phenoxy) is 1. The maximum Gasteiger partial charge on any atom is 0.229 e. The lowest BCUT2D eigenvalue weighted by Gasteiger charge is -2.10. The third kappa shape index (κ3) is 4.23. The van der Waals surface area contributed by atoms with Crippen molar-refractivity contribution in [3.8, 4) is 5.75 Å². The number of benzene rings is 2. The largest absolute Gasteiger partial charge is 0.494 e. The van der Waals surface area contributed by atoms with E-state index < -0.39 is 0 Å². The molecule has 0 aliphatic carbocycles. The summed E-state index contributed by atoms with van der Waals surface area (Å²) in [6.07, 6.45) is 1.71. The maximum atomic E-state index is 5.43. The Morgan fingerprint density at radius 2 is 1.79 bits per heavy atom. The molecule has 1 aromatic heterocycles. The van der Waals surface area contributed by atoms with Crippen LogP contribution in [0.4, 0.5) is 23.1 Å². The van der Waals surface area contributed by atoms with E-state index in [-0.39, 0.29) is 0 Å². The molecular formula is C18H17BrN4O. The van der Waals surface area contributed by atoms with Crippen molar-refractivity contribution in [2.45, 2.75) is 6.92 Å². The van der Waals surface area contributed by atoms with Crippen molar-refractivity contribution >= 4 is 39.1 Å². The molecule has 2 N–H and O–H groups in total. The third-order valence-electron chi connectivity index (χ3n) is 3.21. The van der Waals surface area contributed by atoms with Gasteiger partial charge in [0, 0.05) is 16.4 Å². The highest BCUT2D eigenvalue weighted by Crippen LogP contribution is 2.25. The van der Waals surface area contributed by atoms with E-state index in [0.717, 1.165) is 21.6 Å². The highest BCUT2D eigenvalue weighted by atomic mass is 79.9. The summed E-state index contributed by atoms with van der Waals surface area (Å²) in [6.45, 7) is 2.61. The van der Waals surface area contributed by atoms with Crippen LogP contribution < -0.4 is 15.4 Å². The summed E-state index contributed by atoms with van der Waals surface area (Å²) in [4.78, 5) is 8.73. The second-order valence-electron chi connectivity index (χ2n) is 4.95. The standard InChI is InChI=1S/C18H17BrN4O/c1-2-24-14-9-7-13(8-10-14)21-18-20-12-11-17(23-18)22-16-6-4-3-5-15(16)19/h3-12H,2H2,1H3,(H2,20,21,22,23). The molecule has 0 radical (unpaired) electrons. The molecule has 6 heteroatoms. The summed E-state index contributed by atoms with van der Waals surface area (Å²) in [5.41, 5.74) is 1.85. The molecule has 5 nitrogen and oxygen atoms in total. The van der Waals surface area contributed by atoms with Crippen LogP contribution in [-0.4, -0.2) is 16.6 Å². The van der Waals surface area contributed by atoms with Gasteiger partial charge in [-0.05, 0) is 65.3 Å². The molecule has 0 atom stereocenters. The van der Waals surface area contributed by atoms with Crippen molar-refractivity contribution in [3.63, 3.8) is 0 Å². The smallest absolute Gasteiger partial charge is 0.229 e. The predicted octanol–water partition coefficient (Wildman–Crippen LogP) is 5.13. The average Bonchev–Trinajstić information content (AvgIpc) is 2.59. The highest BCUT2D eigenvalue weighted by Gasteiger charge is 2.03. The van der Waals surface area contributed by atoms with Crippen molar-refractivity contribution in [2.75, 3.05) is 17.2 Å². The van der Waals surface area contributed by atoms with Gasteiger partial charge in [0.25, 0.3) is 0 Å². The Bertz CT molecular complexity index is 808. The molecule has 0 unspecified atom stereocenters. The molecule has 2 aromatic carbocycles. The molecule has 122 valence electrons. The Morgan fingerprint density at radius 1 is 1.00 bits per heavy atom. The summed E-state index contributed by atoms with van der Waals surface area (Å²) >= 11 is 3.51. The first-order valence-corrected chi connectivity index (χ1v) is 8.38. The van der Waals surface area contributed by atoms with Crippen LogP contribution in [0.3, 0.4) is 0 Å². The minimum atomic E-state index is 0.524. The van der Waals surface area contributed by atoms with E-state index in [2.05, 4.69) is 36.5 Å². The molecule has 24 heavy (non-hydrogen) atoms. The van der Waals surface area contributed by atoms with Gasteiger partial charge in [-0.25, -0.2) is 4.98 Å². The number of nitrogens with one attached hydrogen (secondary N) is 2. The van der Waals surface area contributed by atoms with Gasteiger partial charge >= 0.3 is 0 Å². The Labute approximate surface area is 149 Å². The Hall–Kier alpha value is -2.60. The van der Waals surface area contributed by atoms with Gasteiger partial charge in [0.15, 0.2) is 0 Å². The van der Waals surface area contributed by atoms with Gasteiger partial charge in [0.2, 0.25) is 5.95 Å². The van der Waals surface area contributed by atoms with Crippen molar-refractivity contribution in [1.82, 2.24) is 9.97 Å². The van der Waals surface area contributed by atoms with Crippen LogP contribution in [0.2, 0.25) is 0 Å². The molecule has 0 amide bonds. The maximum absolute atomic E-state index is 5.43. The first-order valence-electron chi connectivity index (χ1n) is 7.59. The highest BCUT2D eigenvalue weighted by molar-refractivity contribution is 9.10. The summed E-state index contributed by atoms with van der Waals surface area (Å²) in [5.74, 6) is 2.08. The number of aromatic nitrogens is 2. The van der Waals surface area contributed by atoms with Gasteiger partial charge in [-0.15, -0.1) is 0 Å². The fourth-order valence-electron chi connectivity index (χ4n) is 2.12. The minimum absolute atomic E-state index is 0.524. The molecule has 0 fully saturated rings. The van der Waals surface area contributed by atoms with E-state index in [1.807, 2.05) is 61.5 Å². The van der Waals surface area contributed by atoms with Crippen molar-refractivity contribution in [1.29, 1.82) is 0 Å².